The zero-order valence-corrected chi connectivity index (χ0v) is 20.2. The van der Waals surface area contributed by atoms with Gasteiger partial charge < -0.3 is 14.1 Å². The lowest BCUT2D eigenvalue weighted by Crippen LogP contribution is -2.38. The summed E-state index contributed by atoms with van der Waals surface area (Å²) in [7, 11) is 0. The summed E-state index contributed by atoms with van der Waals surface area (Å²) in [6.07, 6.45) is 1.77. The van der Waals surface area contributed by atoms with Gasteiger partial charge in [-0.25, -0.2) is 0 Å². The van der Waals surface area contributed by atoms with Crippen molar-refractivity contribution in [2.45, 2.75) is 39.7 Å². The molecule has 0 saturated carbocycles. The summed E-state index contributed by atoms with van der Waals surface area (Å²) in [6.45, 7) is 10.8. The third-order valence-electron chi connectivity index (χ3n) is 7.09. The van der Waals surface area contributed by atoms with E-state index >= 15 is 0 Å². The van der Waals surface area contributed by atoms with Crippen molar-refractivity contribution < 1.29 is 13.9 Å². The molecule has 1 atom stereocenters. The number of rotatable bonds is 6. The van der Waals surface area contributed by atoms with Gasteiger partial charge in [-0.15, -0.1) is 0 Å². The first kappa shape index (κ1) is 22.8. The number of hydrogen-bond donors (Lipinski definition) is 0. The molecule has 0 N–H and O–H groups in total. The number of carbonyl (C=O) groups is 1. The molecule has 5 rings (SSSR count). The second-order valence-electron chi connectivity index (χ2n) is 9.43. The summed E-state index contributed by atoms with van der Waals surface area (Å²) < 4.78 is 11.6. The van der Waals surface area contributed by atoms with Crippen LogP contribution < -0.4 is 5.43 Å². The molecule has 3 heterocycles. The quantitative estimate of drug-likeness (QED) is 0.551. The maximum Gasteiger partial charge on any atom is 0.290 e. The van der Waals surface area contributed by atoms with Gasteiger partial charge in [-0.3, -0.25) is 14.5 Å². The van der Waals surface area contributed by atoms with Gasteiger partial charge in [-0.05, 0) is 55.0 Å². The average molecular weight is 461 g/mol. The van der Waals surface area contributed by atoms with E-state index in [1.54, 1.807) is 0 Å². The Balaban J connectivity index is 1.56. The Morgan fingerprint density at radius 1 is 1.00 bits per heavy atom. The van der Waals surface area contributed by atoms with Crippen LogP contribution in [0.4, 0.5) is 0 Å². The minimum absolute atomic E-state index is 0.0950. The summed E-state index contributed by atoms with van der Waals surface area (Å²) >= 11 is 0. The molecular formula is C28H32N2O4. The molecule has 3 aromatic rings. The standard InChI is InChI=1S/C28H32N2O4/c1-4-20-6-8-21(9-7-20)25-24-26(31)23-19(3)16-18(2)17-22(23)34-27(24)28(32)30(25)11-5-10-29-12-14-33-15-13-29/h6-9,16-17,25H,4-5,10-15H2,1-3H3/t25-/m0/s1. The van der Waals surface area contributed by atoms with E-state index in [9.17, 15) is 9.59 Å². The molecule has 6 nitrogen and oxygen atoms in total. The Hall–Kier alpha value is -2.96. The molecule has 2 aliphatic rings. The normalized spacial score (nSPS) is 18.6. The number of carbonyl (C=O) groups excluding carboxylic acids is 1. The Labute approximate surface area is 200 Å². The molecule has 2 aliphatic heterocycles. The van der Waals surface area contributed by atoms with Crippen molar-refractivity contribution in [2.75, 3.05) is 39.4 Å². The zero-order valence-electron chi connectivity index (χ0n) is 20.2. The molecule has 0 unspecified atom stereocenters. The van der Waals surface area contributed by atoms with Gasteiger partial charge >= 0.3 is 0 Å². The van der Waals surface area contributed by atoms with E-state index in [0.29, 0.717) is 23.1 Å². The highest BCUT2D eigenvalue weighted by Gasteiger charge is 2.42. The third-order valence-corrected chi connectivity index (χ3v) is 7.09. The second kappa shape index (κ2) is 9.35. The van der Waals surface area contributed by atoms with Crippen molar-refractivity contribution >= 4 is 16.9 Å². The summed E-state index contributed by atoms with van der Waals surface area (Å²) in [5.74, 6) is -0.00172. The van der Waals surface area contributed by atoms with E-state index in [1.165, 1.54) is 5.56 Å². The van der Waals surface area contributed by atoms with E-state index < -0.39 is 6.04 Å². The minimum atomic E-state index is -0.431. The molecule has 0 bridgehead atoms. The Bertz CT molecular complexity index is 1270. The fraction of sp³-hybridized carbons (Fsp3) is 0.429. The molecule has 0 aliphatic carbocycles. The Morgan fingerprint density at radius 3 is 2.44 bits per heavy atom. The predicted molar refractivity (Wildman–Crippen MR) is 133 cm³/mol. The molecule has 1 amide bonds. The summed E-state index contributed by atoms with van der Waals surface area (Å²) in [5, 5.41) is 0.572. The fourth-order valence-corrected chi connectivity index (χ4v) is 5.32. The highest BCUT2D eigenvalue weighted by Crippen LogP contribution is 2.38. The predicted octanol–water partition coefficient (Wildman–Crippen LogP) is 4.24. The number of morpholine rings is 1. The van der Waals surface area contributed by atoms with Crippen molar-refractivity contribution in [3.05, 3.63) is 80.2 Å². The average Bonchev–Trinajstić information content (AvgIpc) is 3.11. The van der Waals surface area contributed by atoms with Crippen LogP contribution in [0.15, 0.2) is 45.6 Å². The van der Waals surface area contributed by atoms with Crippen LogP contribution in [-0.2, 0) is 11.2 Å². The first-order valence-electron chi connectivity index (χ1n) is 12.3. The van der Waals surface area contributed by atoms with Crippen LogP contribution in [0.2, 0.25) is 0 Å². The fourth-order valence-electron chi connectivity index (χ4n) is 5.32. The van der Waals surface area contributed by atoms with E-state index in [-0.39, 0.29) is 17.1 Å². The van der Waals surface area contributed by atoms with Crippen molar-refractivity contribution in [1.82, 2.24) is 9.80 Å². The Kier molecular flexibility index (Phi) is 6.28. The number of hydrogen-bond acceptors (Lipinski definition) is 5. The van der Waals surface area contributed by atoms with Gasteiger partial charge in [0.1, 0.15) is 5.58 Å². The van der Waals surface area contributed by atoms with Gasteiger partial charge in [-0.2, -0.15) is 0 Å². The largest absolute Gasteiger partial charge is 0.450 e. The van der Waals surface area contributed by atoms with Crippen LogP contribution in [-0.4, -0.2) is 55.1 Å². The molecule has 34 heavy (non-hydrogen) atoms. The highest BCUT2D eigenvalue weighted by molar-refractivity contribution is 5.99. The molecule has 1 saturated heterocycles. The molecule has 1 aromatic heterocycles. The number of fused-ring (bicyclic) bond motifs is 2. The van der Waals surface area contributed by atoms with Gasteiger partial charge in [0.2, 0.25) is 5.76 Å². The summed E-state index contributed by atoms with van der Waals surface area (Å²) in [4.78, 5) is 31.6. The molecule has 0 spiro atoms. The molecule has 6 heteroatoms. The second-order valence-corrected chi connectivity index (χ2v) is 9.43. The van der Waals surface area contributed by atoms with E-state index in [1.807, 2.05) is 43.0 Å². The number of nitrogens with zero attached hydrogens (tertiary/aromatic N) is 2. The molecule has 0 radical (unpaired) electrons. The summed E-state index contributed by atoms with van der Waals surface area (Å²) in [6, 6.07) is 11.7. The first-order chi connectivity index (χ1) is 16.5. The highest BCUT2D eigenvalue weighted by atomic mass is 16.5. The van der Waals surface area contributed by atoms with Crippen LogP contribution in [0.3, 0.4) is 0 Å². The van der Waals surface area contributed by atoms with Crippen molar-refractivity contribution in [3.8, 4) is 0 Å². The van der Waals surface area contributed by atoms with Crippen molar-refractivity contribution in [1.29, 1.82) is 0 Å². The topological polar surface area (TPSA) is 63.0 Å². The van der Waals surface area contributed by atoms with Crippen molar-refractivity contribution in [3.63, 3.8) is 0 Å². The van der Waals surface area contributed by atoms with Crippen LogP contribution >= 0.6 is 0 Å². The van der Waals surface area contributed by atoms with E-state index in [2.05, 4.69) is 24.0 Å². The first-order valence-corrected chi connectivity index (χ1v) is 12.3. The van der Waals surface area contributed by atoms with Crippen LogP contribution in [0.25, 0.3) is 11.0 Å². The smallest absolute Gasteiger partial charge is 0.290 e. The lowest BCUT2D eigenvalue weighted by atomic mass is 9.96. The maximum atomic E-state index is 13.8. The number of ether oxygens (including phenoxy) is 1. The van der Waals surface area contributed by atoms with Crippen LogP contribution in [0, 0.1) is 13.8 Å². The van der Waals surface area contributed by atoms with E-state index in [0.717, 1.165) is 62.4 Å². The molecular weight excluding hydrogens is 428 g/mol. The number of benzene rings is 2. The zero-order chi connectivity index (χ0) is 23.8. The lowest BCUT2D eigenvalue weighted by Gasteiger charge is -2.29. The maximum absolute atomic E-state index is 13.8. The summed E-state index contributed by atoms with van der Waals surface area (Å²) in [5.41, 5.74) is 4.93. The molecule has 2 aromatic carbocycles. The van der Waals surface area contributed by atoms with Gasteiger partial charge in [0.15, 0.2) is 5.43 Å². The minimum Gasteiger partial charge on any atom is -0.450 e. The van der Waals surface area contributed by atoms with Crippen molar-refractivity contribution in [2.24, 2.45) is 0 Å². The monoisotopic (exact) mass is 460 g/mol. The van der Waals surface area contributed by atoms with Gasteiger partial charge in [0.25, 0.3) is 5.91 Å². The van der Waals surface area contributed by atoms with Gasteiger partial charge in [-0.1, -0.05) is 37.3 Å². The number of amides is 1. The van der Waals surface area contributed by atoms with Crippen LogP contribution in [0.1, 0.15) is 57.8 Å². The molecule has 178 valence electrons. The SMILES string of the molecule is CCc1ccc([C@H]2c3c(oc4cc(C)cc(C)c4c3=O)C(=O)N2CCCN2CCOCC2)cc1. The molecule has 1 fully saturated rings. The van der Waals surface area contributed by atoms with Gasteiger partial charge in [0, 0.05) is 26.2 Å². The van der Waals surface area contributed by atoms with E-state index in [4.69, 9.17) is 9.15 Å². The Morgan fingerprint density at radius 2 is 1.74 bits per heavy atom. The van der Waals surface area contributed by atoms with Gasteiger partial charge in [0.05, 0.1) is 30.2 Å². The third kappa shape index (κ3) is 4.05. The number of aryl methyl sites for hydroxylation is 3. The van der Waals surface area contributed by atoms with Crippen LogP contribution in [0.5, 0.6) is 0 Å². The lowest BCUT2D eigenvalue weighted by molar-refractivity contribution is 0.0353.